The van der Waals surface area contributed by atoms with Gasteiger partial charge < -0.3 is 9.57 Å². The zero-order valence-electron chi connectivity index (χ0n) is 16.5. The lowest BCUT2D eigenvalue weighted by Gasteiger charge is -2.15. The minimum atomic E-state index is -0.308. The van der Waals surface area contributed by atoms with E-state index in [-0.39, 0.29) is 12.1 Å². The van der Waals surface area contributed by atoms with Gasteiger partial charge in [-0.1, -0.05) is 78.0 Å². The van der Waals surface area contributed by atoms with E-state index in [4.69, 9.17) is 9.57 Å². The van der Waals surface area contributed by atoms with E-state index in [9.17, 15) is 4.79 Å². The second-order valence-electron chi connectivity index (χ2n) is 6.73. The molecule has 0 heterocycles. The highest BCUT2D eigenvalue weighted by molar-refractivity contribution is 5.69. The molecule has 0 saturated heterocycles. The van der Waals surface area contributed by atoms with Gasteiger partial charge in [-0.15, -0.1) is 0 Å². The first kappa shape index (κ1) is 20.3. The Morgan fingerprint density at radius 3 is 2.21 bits per heavy atom. The van der Waals surface area contributed by atoms with Crippen molar-refractivity contribution in [3.05, 3.63) is 102 Å². The number of carbonyl (C=O) groups is 1. The number of hydrogen-bond donors (Lipinski definition) is 0. The highest BCUT2D eigenvalue weighted by Crippen LogP contribution is 2.25. The average Bonchev–Trinajstić information content (AvgIpc) is 2.74. The van der Waals surface area contributed by atoms with Crippen LogP contribution in [0.4, 0.5) is 0 Å². The van der Waals surface area contributed by atoms with Gasteiger partial charge in [0, 0.05) is 13.1 Å². The van der Waals surface area contributed by atoms with Crippen molar-refractivity contribution in [2.75, 3.05) is 0 Å². The zero-order valence-corrected chi connectivity index (χ0v) is 16.5. The number of oxime groups is 1. The van der Waals surface area contributed by atoms with Crippen molar-refractivity contribution in [1.82, 2.24) is 0 Å². The van der Waals surface area contributed by atoms with Gasteiger partial charge in [-0.2, -0.15) is 0 Å². The van der Waals surface area contributed by atoms with Crippen molar-refractivity contribution in [2.45, 2.75) is 32.3 Å². The number of rotatable bonds is 9. The Morgan fingerprint density at radius 1 is 0.931 bits per heavy atom. The standard InChI is InChI=1S/C25H25NO3/c1-20(27)28-24-17-10-12-21(19-24)11-8-9-18-26-29-25(22-13-4-2-5-14-22)23-15-6-3-7-16-23/h2-7,10,12-19,25H,8-9,11H2,1H3. The molecule has 0 aliphatic rings. The molecule has 0 fully saturated rings. The molecule has 0 saturated carbocycles. The average molecular weight is 387 g/mol. The van der Waals surface area contributed by atoms with Crippen molar-refractivity contribution in [1.29, 1.82) is 0 Å². The molecule has 29 heavy (non-hydrogen) atoms. The van der Waals surface area contributed by atoms with Crippen molar-refractivity contribution < 1.29 is 14.4 Å². The number of unbranched alkanes of at least 4 members (excludes halogenated alkanes) is 1. The molecule has 3 rings (SSSR count). The van der Waals surface area contributed by atoms with E-state index >= 15 is 0 Å². The summed E-state index contributed by atoms with van der Waals surface area (Å²) < 4.78 is 5.12. The van der Waals surface area contributed by atoms with Gasteiger partial charge in [0.25, 0.3) is 0 Å². The molecule has 148 valence electrons. The highest BCUT2D eigenvalue weighted by Gasteiger charge is 2.14. The zero-order chi connectivity index (χ0) is 20.3. The minimum absolute atomic E-state index is 0.228. The number of carbonyl (C=O) groups excluding carboxylic acids is 1. The van der Waals surface area contributed by atoms with Crippen LogP contribution in [0, 0.1) is 0 Å². The first-order chi connectivity index (χ1) is 14.2. The number of hydrogen-bond acceptors (Lipinski definition) is 4. The van der Waals surface area contributed by atoms with Gasteiger partial charge in [-0.25, -0.2) is 0 Å². The molecular weight excluding hydrogens is 362 g/mol. The van der Waals surface area contributed by atoms with Crippen LogP contribution in [0.15, 0.2) is 90.1 Å². The molecule has 0 unspecified atom stereocenters. The normalized spacial score (nSPS) is 11.0. The molecular formula is C25H25NO3. The lowest BCUT2D eigenvalue weighted by molar-refractivity contribution is -0.131. The molecule has 3 aromatic carbocycles. The Morgan fingerprint density at radius 2 is 1.59 bits per heavy atom. The van der Waals surface area contributed by atoms with E-state index in [0.29, 0.717) is 5.75 Å². The van der Waals surface area contributed by atoms with Crippen LogP contribution >= 0.6 is 0 Å². The molecule has 0 N–H and O–H groups in total. The van der Waals surface area contributed by atoms with E-state index in [2.05, 4.69) is 5.16 Å². The summed E-state index contributed by atoms with van der Waals surface area (Å²) in [4.78, 5) is 16.9. The Hall–Kier alpha value is -3.40. The van der Waals surface area contributed by atoms with Crippen LogP contribution in [0.3, 0.4) is 0 Å². The summed E-state index contributed by atoms with van der Waals surface area (Å²) in [6.07, 6.45) is 4.19. The van der Waals surface area contributed by atoms with Gasteiger partial charge in [0.05, 0.1) is 0 Å². The third-order valence-corrected chi connectivity index (χ3v) is 4.40. The number of ether oxygens (including phenoxy) is 1. The van der Waals surface area contributed by atoms with Gasteiger partial charge in [0.15, 0.2) is 6.10 Å². The van der Waals surface area contributed by atoms with E-state index in [1.807, 2.05) is 85.1 Å². The monoisotopic (exact) mass is 387 g/mol. The highest BCUT2D eigenvalue weighted by atomic mass is 16.6. The van der Waals surface area contributed by atoms with Crippen LogP contribution in [0.25, 0.3) is 0 Å². The molecule has 0 spiro atoms. The summed E-state index contributed by atoms with van der Waals surface area (Å²) in [5, 5.41) is 4.22. The number of nitrogens with zero attached hydrogens (tertiary/aromatic N) is 1. The number of aryl methyl sites for hydroxylation is 1. The summed E-state index contributed by atoms with van der Waals surface area (Å²) in [5.41, 5.74) is 3.26. The fourth-order valence-corrected chi connectivity index (χ4v) is 3.05. The fraction of sp³-hybridized carbons (Fsp3) is 0.200. The number of benzene rings is 3. The molecule has 0 amide bonds. The maximum Gasteiger partial charge on any atom is 0.308 e. The second-order valence-corrected chi connectivity index (χ2v) is 6.73. The summed E-state index contributed by atoms with van der Waals surface area (Å²) in [6.45, 7) is 1.40. The SMILES string of the molecule is CC(=O)Oc1cccc(CCCC=NOC(c2ccccc2)c2ccccc2)c1. The van der Waals surface area contributed by atoms with Crippen LogP contribution < -0.4 is 4.74 Å². The van der Waals surface area contributed by atoms with Gasteiger partial charge in [-0.3, -0.25) is 4.79 Å². The molecule has 0 radical (unpaired) electrons. The summed E-state index contributed by atoms with van der Waals surface area (Å²) in [5.74, 6) is 0.276. The first-order valence-corrected chi connectivity index (χ1v) is 9.77. The second kappa shape index (κ2) is 10.8. The molecule has 0 bridgehead atoms. The van der Waals surface area contributed by atoms with Crippen LogP contribution in [-0.2, 0) is 16.1 Å². The molecule has 0 atom stereocenters. The van der Waals surface area contributed by atoms with Crippen LogP contribution in [0.2, 0.25) is 0 Å². The van der Waals surface area contributed by atoms with Crippen molar-refractivity contribution in [3.8, 4) is 5.75 Å². The first-order valence-electron chi connectivity index (χ1n) is 9.77. The smallest absolute Gasteiger partial charge is 0.308 e. The van der Waals surface area contributed by atoms with E-state index in [0.717, 1.165) is 36.0 Å². The van der Waals surface area contributed by atoms with Crippen LogP contribution in [-0.4, -0.2) is 12.2 Å². The van der Waals surface area contributed by atoms with E-state index in [1.165, 1.54) is 6.92 Å². The Balaban J connectivity index is 1.52. The van der Waals surface area contributed by atoms with Crippen LogP contribution in [0.1, 0.15) is 42.6 Å². The molecule has 3 aromatic rings. The third kappa shape index (κ3) is 6.61. The van der Waals surface area contributed by atoms with Crippen molar-refractivity contribution in [2.24, 2.45) is 5.16 Å². The Labute approximate surface area is 171 Å². The molecule has 4 nitrogen and oxygen atoms in total. The summed E-state index contributed by atoms with van der Waals surface area (Å²) in [7, 11) is 0. The summed E-state index contributed by atoms with van der Waals surface area (Å²) >= 11 is 0. The van der Waals surface area contributed by atoms with Gasteiger partial charge in [-0.05, 0) is 48.1 Å². The largest absolute Gasteiger partial charge is 0.427 e. The minimum Gasteiger partial charge on any atom is -0.427 e. The predicted octanol–water partition coefficient (Wildman–Crippen LogP) is 5.73. The lowest BCUT2D eigenvalue weighted by atomic mass is 10.0. The molecule has 4 heteroatoms. The fourth-order valence-electron chi connectivity index (χ4n) is 3.05. The van der Waals surface area contributed by atoms with Gasteiger partial charge >= 0.3 is 5.97 Å². The Kier molecular flexibility index (Phi) is 7.58. The molecule has 0 aliphatic heterocycles. The third-order valence-electron chi connectivity index (χ3n) is 4.40. The maximum atomic E-state index is 11.1. The number of esters is 1. The van der Waals surface area contributed by atoms with Gasteiger partial charge in [0.1, 0.15) is 5.75 Å². The van der Waals surface area contributed by atoms with Crippen molar-refractivity contribution >= 4 is 12.2 Å². The Bertz CT molecular complexity index is 884. The van der Waals surface area contributed by atoms with E-state index < -0.39 is 0 Å². The van der Waals surface area contributed by atoms with Crippen LogP contribution in [0.5, 0.6) is 5.75 Å². The summed E-state index contributed by atoms with van der Waals surface area (Å²) in [6, 6.07) is 27.8. The van der Waals surface area contributed by atoms with Gasteiger partial charge in [0.2, 0.25) is 0 Å². The van der Waals surface area contributed by atoms with Crippen molar-refractivity contribution in [3.63, 3.8) is 0 Å². The lowest BCUT2D eigenvalue weighted by Crippen LogP contribution is -2.03. The maximum absolute atomic E-state index is 11.1. The topological polar surface area (TPSA) is 47.9 Å². The van der Waals surface area contributed by atoms with E-state index in [1.54, 1.807) is 6.07 Å². The quantitative estimate of drug-likeness (QED) is 0.155. The molecule has 0 aliphatic carbocycles. The predicted molar refractivity (Wildman–Crippen MR) is 115 cm³/mol. The molecule has 0 aromatic heterocycles.